The third-order valence-corrected chi connectivity index (χ3v) is 3.38. The van der Waals surface area contributed by atoms with Gasteiger partial charge in [-0.3, -0.25) is 0 Å². The van der Waals surface area contributed by atoms with Gasteiger partial charge in [0.2, 0.25) is 5.88 Å². The lowest BCUT2D eigenvalue weighted by Gasteiger charge is -2.36. The number of hydrogen-bond donors (Lipinski definition) is 1. The summed E-state index contributed by atoms with van der Waals surface area (Å²) in [4.78, 5) is 4.37. The summed E-state index contributed by atoms with van der Waals surface area (Å²) in [6.07, 6.45) is 4.43. The van der Waals surface area contributed by atoms with Crippen LogP contribution in [0.15, 0.2) is 18.3 Å². The standard InChI is InChI=1S/C15H24N2O/c1-10(2)12-5-6-15(16-9-12)18-14-7-13(8-14)17-11(3)4/h5-6,9-11,13-14,17H,7-8H2,1-4H3/t13-,14-. The number of ether oxygens (including phenoxy) is 1. The molecular weight excluding hydrogens is 224 g/mol. The number of pyridine rings is 1. The lowest BCUT2D eigenvalue weighted by molar-refractivity contribution is 0.0772. The van der Waals surface area contributed by atoms with Crippen molar-refractivity contribution < 1.29 is 4.74 Å². The fourth-order valence-corrected chi connectivity index (χ4v) is 2.24. The van der Waals surface area contributed by atoms with E-state index >= 15 is 0 Å². The molecule has 1 saturated carbocycles. The van der Waals surface area contributed by atoms with Gasteiger partial charge in [-0.2, -0.15) is 0 Å². The first kappa shape index (κ1) is 13.3. The van der Waals surface area contributed by atoms with Crippen molar-refractivity contribution in [1.82, 2.24) is 10.3 Å². The average molecular weight is 248 g/mol. The second-order valence-electron chi connectivity index (χ2n) is 5.81. The average Bonchev–Trinajstić information content (AvgIpc) is 2.26. The van der Waals surface area contributed by atoms with Crippen molar-refractivity contribution in [3.63, 3.8) is 0 Å². The Kier molecular flexibility index (Phi) is 4.23. The SMILES string of the molecule is CC(C)N[C@H]1C[C@H](Oc2ccc(C(C)C)cn2)C1. The fourth-order valence-electron chi connectivity index (χ4n) is 2.24. The molecule has 1 heterocycles. The normalized spacial score (nSPS) is 23.2. The second-order valence-corrected chi connectivity index (χ2v) is 5.81. The van der Waals surface area contributed by atoms with E-state index in [2.05, 4.69) is 44.1 Å². The molecule has 0 unspecified atom stereocenters. The van der Waals surface area contributed by atoms with E-state index in [-0.39, 0.29) is 0 Å². The zero-order valence-electron chi connectivity index (χ0n) is 11.8. The van der Waals surface area contributed by atoms with Gasteiger partial charge >= 0.3 is 0 Å². The molecule has 1 fully saturated rings. The summed E-state index contributed by atoms with van der Waals surface area (Å²) >= 11 is 0. The highest BCUT2D eigenvalue weighted by atomic mass is 16.5. The van der Waals surface area contributed by atoms with Crippen LogP contribution in [0.3, 0.4) is 0 Å². The van der Waals surface area contributed by atoms with Gasteiger partial charge in [-0.1, -0.05) is 33.8 Å². The molecule has 1 aliphatic carbocycles. The van der Waals surface area contributed by atoms with E-state index in [0.29, 0.717) is 24.1 Å². The van der Waals surface area contributed by atoms with Crippen molar-refractivity contribution in [1.29, 1.82) is 0 Å². The highest BCUT2D eigenvalue weighted by molar-refractivity contribution is 5.20. The van der Waals surface area contributed by atoms with Gasteiger partial charge in [0.1, 0.15) is 6.10 Å². The summed E-state index contributed by atoms with van der Waals surface area (Å²) in [7, 11) is 0. The van der Waals surface area contributed by atoms with Crippen LogP contribution in [0.4, 0.5) is 0 Å². The van der Waals surface area contributed by atoms with Crippen molar-refractivity contribution >= 4 is 0 Å². The zero-order valence-corrected chi connectivity index (χ0v) is 11.8. The molecule has 0 bridgehead atoms. The lowest BCUT2D eigenvalue weighted by Crippen LogP contribution is -2.49. The van der Waals surface area contributed by atoms with E-state index in [0.717, 1.165) is 18.7 Å². The molecule has 18 heavy (non-hydrogen) atoms. The van der Waals surface area contributed by atoms with Gasteiger partial charge in [0.15, 0.2) is 0 Å². The number of nitrogens with one attached hydrogen (secondary N) is 1. The van der Waals surface area contributed by atoms with Crippen LogP contribution in [-0.4, -0.2) is 23.2 Å². The minimum Gasteiger partial charge on any atom is -0.474 e. The van der Waals surface area contributed by atoms with E-state index in [1.54, 1.807) is 0 Å². The Morgan fingerprint density at radius 3 is 2.44 bits per heavy atom. The van der Waals surface area contributed by atoms with Gasteiger partial charge in [0, 0.05) is 24.3 Å². The minimum absolute atomic E-state index is 0.332. The summed E-state index contributed by atoms with van der Waals surface area (Å²) in [6.45, 7) is 8.71. The summed E-state index contributed by atoms with van der Waals surface area (Å²) in [5, 5.41) is 3.52. The third-order valence-electron chi connectivity index (χ3n) is 3.38. The van der Waals surface area contributed by atoms with Crippen LogP contribution in [0.25, 0.3) is 0 Å². The van der Waals surface area contributed by atoms with Crippen LogP contribution < -0.4 is 10.1 Å². The molecule has 0 aliphatic heterocycles. The molecule has 3 heteroatoms. The maximum atomic E-state index is 5.85. The molecule has 1 N–H and O–H groups in total. The molecule has 0 aromatic carbocycles. The second kappa shape index (κ2) is 5.70. The Labute approximate surface area is 110 Å². The van der Waals surface area contributed by atoms with Gasteiger partial charge in [0.05, 0.1) is 0 Å². The van der Waals surface area contributed by atoms with Crippen molar-refractivity contribution in [3.05, 3.63) is 23.9 Å². The highest BCUT2D eigenvalue weighted by Crippen LogP contribution is 2.26. The Hall–Kier alpha value is -1.09. The maximum absolute atomic E-state index is 5.85. The van der Waals surface area contributed by atoms with Crippen LogP contribution >= 0.6 is 0 Å². The van der Waals surface area contributed by atoms with Gasteiger partial charge in [-0.25, -0.2) is 4.98 Å². The molecule has 0 amide bonds. The van der Waals surface area contributed by atoms with Gasteiger partial charge < -0.3 is 10.1 Å². The van der Waals surface area contributed by atoms with Crippen molar-refractivity contribution in [2.75, 3.05) is 0 Å². The summed E-state index contributed by atoms with van der Waals surface area (Å²) < 4.78 is 5.85. The zero-order chi connectivity index (χ0) is 13.1. The Bertz CT molecular complexity index is 367. The molecule has 0 saturated heterocycles. The van der Waals surface area contributed by atoms with Crippen molar-refractivity contribution in [2.24, 2.45) is 0 Å². The summed E-state index contributed by atoms with van der Waals surface area (Å²) in [5.41, 5.74) is 1.26. The van der Waals surface area contributed by atoms with Crippen molar-refractivity contribution in [2.45, 2.75) is 64.6 Å². The monoisotopic (exact) mass is 248 g/mol. The smallest absolute Gasteiger partial charge is 0.213 e. The molecule has 3 nitrogen and oxygen atoms in total. The fraction of sp³-hybridized carbons (Fsp3) is 0.667. The number of hydrogen-bond acceptors (Lipinski definition) is 3. The lowest BCUT2D eigenvalue weighted by atomic mass is 9.89. The molecule has 2 rings (SSSR count). The molecule has 0 atom stereocenters. The first-order valence-electron chi connectivity index (χ1n) is 6.93. The first-order valence-corrected chi connectivity index (χ1v) is 6.93. The number of rotatable bonds is 5. The quantitative estimate of drug-likeness (QED) is 0.869. The van der Waals surface area contributed by atoms with Gasteiger partial charge in [-0.05, 0) is 24.3 Å². The van der Waals surface area contributed by atoms with E-state index in [1.807, 2.05) is 12.3 Å². The Balaban J connectivity index is 1.78. The summed E-state index contributed by atoms with van der Waals surface area (Å²) in [6, 6.07) is 5.26. The molecule has 1 aromatic rings. The van der Waals surface area contributed by atoms with E-state index in [1.165, 1.54) is 5.56 Å². The Morgan fingerprint density at radius 1 is 1.22 bits per heavy atom. The maximum Gasteiger partial charge on any atom is 0.213 e. The number of aromatic nitrogens is 1. The van der Waals surface area contributed by atoms with Crippen LogP contribution in [0.5, 0.6) is 5.88 Å². The molecule has 1 aliphatic rings. The Morgan fingerprint density at radius 2 is 1.94 bits per heavy atom. The summed E-state index contributed by atoms with van der Waals surface area (Å²) in [5.74, 6) is 1.28. The topological polar surface area (TPSA) is 34.1 Å². The third kappa shape index (κ3) is 3.45. The van der Waals surface area contributed by atoms with E-state index < -0.39 is 0 Å². The van der Waals surface area contributed by atoms with Crippen LogP contribution in [-0.2, 0) is 0 Å². The molecule has 100 valence electrons. The molecule has 0 radical (unpaired) electrons. The predicted molar refractivity (Wildman–Crippen MR) is 74.0 cm³/mol. The molecular formula is C15H24N2O. The van der Waals surface area contributed by atoms with Crippen molar-refractivity contribution in [3.8, 4) is 5.88 Å². The highest BCUT2D eigenvalue weighted by Gasteiger charge is 2.31. The van der Waals surface area contributed by atoms with E-state index in [4.69, 9.17) is 4.74 Å². The minimum atomic E-state index is 0.332. The first-order chi connectivity index (χ1) is 8.54. The van der Waals surface area contributed by atoms with Gasteiger partial charge in [0.25, 0.3) is 0 Å². The van der Waals surface area contributed by atoms with Crippen LogP contribution in [0, 0.1) is 0 Å². The molecule has 0 spiro atoms. The predicted octanol–water partition coefficient (Wildman–Crippen LogP) is 3.11. The van der Waals surface area contributed by atoms with E-state index in [9.17, 15) is 0 Å². The van der Waals surface area contributed by atoms with Gasteiger partial charge in [-0.15, -0.1) is 0 Å². The number of nitrogens with zero attached hydrogens (tertiary/aromatic N) is 1. The molecule has 1 aromatic heterocycles. The van der Waals surface area contributed by atoms with Crippen LogP contribution in [0.1, 0.15) is 52.0 Å². The largest absolute Gasteiger partial charge is 0.474 e. The van der Waals surface area contributed by atoms with Crippen LogP contribution in [0.2, 0.25) is 0 Å².